The Hall–Kier alpha value is -1.59. The zero-order valence-electron chi connectivity index (χ0n) is 11.8. The van der Waals surface area contributed by atoms with Crippen molar-refractivity contribution in [3.8, 4) is 0 Å². The highest BCUT2D eigenvalue weighted by molar-refractivity contribution is 5.92. The Morgan fingerprint density at radius 1 is 1.53 bits per heavy atom. The maximum atomic E-state index is 12.0. The molecule has 0 saturated heterocycles. The summed E-state index contributed by atoms with van der Waals surface area (Å²) in [6, 6.07) is 7.38. The second kappa shape index (κ2) is 7.76. The molecule has 19 heavy (non-hydrogen) atoms. The van der Waals surface area contributed by atoms with Gasteiger partial charge in [-0.3, -0.25) is 9.69 Å². The molecule has 106 valence electrons. The monoisotopic (exact) mass is 265 g/mol. The van der Waals surface area contributed by atoms with Crippen molar-refractivity contribution in [3.63, 3.8) is 0 Å². The number of ether oxygens (including phenoxy) is 1. The van der Waals surface area contributed by atoms with E-state index in [9.17, 15) is 4.79 Å². The molecule has 5 nitrogen and oxygen atoms in total. The molecule has 5 heteroatoms. The summed E-state index contributed by atoms with van der Waals surface area (Å²) in [6.07, 6.45) is 0. The SMILES string of the molecule is CCN(CC(=O)Nc1cccc(N)c1)C(C)COC. The smallest absolute Gasteiger partial charge is 0.238 e. The minimum absolute atomic E-state index is 0.0459. The molecule has 1 unspecified atom stereocenters. The van der Waals surface area contributed by atoms with E-state index in [1.807, 2.05) is 26.0 Å². The zero-order chi connectivity index (χ0) is 14.3. The fraction of sp³-hybridized carbons (Fsp3) is 0.500. The van der Waals surface area contributed by atoms with Crippen LogP contribution < -0.4 is 11.1 Å². The van der Waals surface area contributed by atoms with E-state index in [1.54, 1.807) is 19.2 Å². The van der Waals surface area contributed by atoms with E-state index in [-0.39, 0.29) is 11.9 Å². The third-order valence-corrected chi connectivity index (χ3v) is 2.95. The van der Waals surface area contributed by atoms with Crippen LogP contribution in [0.5, 0.6) is 0 Å². The molecule has 1 aromatic rings. The van der Waals surface area contributed by atoms with E-state index in [4.69, 9.17) is 10.5 Å². The van der Waals surface area contributed by atoms with Crippen LogP contribution in [0.1, 0.15) is 13.8 Å². The number of benzene rings is 1. The van der Waals surface area contributed by atoms with Crippen LogP contribution in [0.2, 0.25) is 0 Å². The fourth-order valence-corrected chi connectivity index (χ4v) is 1.93. The number of rotatable bonds is 7. The van der Waals surface area contributed by atoms with Crippen molar-refractivity contribution in [1.82, 2.24) is 4.90 Å². The van der Waals surface area contributed by atoms with Crippen LogP contribution in [0.25, 0.3) is 0 Å². The highest BCUT2D eigenvalue weighted by atomic mass is 16.5. The molecule has 0 heterocycles. The van der Waals surface area contributed by atoms with Gasteiger partial charge in [0.15, 0.2) is 0 Å². The quantitative estimate of drug-likeness (QED) is 0.734. The van der Waals surface area contributed by atoms with Gasteiger partial charge >= 0.3 is 0 Å². The lowest BCUT2D eigenvalue weighted by Crippen LogP contribution is -2.41. The number of carbonyl (C=O) groups excluding carboxylic acids is 1. The molecule has 3 N–H and O–H groups in total. The molecular formula is C14H23N3O2. The van der Waals surface area contributed by atoms with Crippen LogP contribution >= 0.6 is 0 Å². The Labute approximate surface area is 114 Å². The van der Waals surface area contributed by atoms with Crippen LogP contribution in [0.15, 0.2) is 24.3 Å². The zero-order valence-corrected chi connectivity index (χ0v) is 11.8. The van der Waals surface area contributed by atoms with E-state index >= 15 is 0 Å². The lowest BCUT2D eigenvalue weighted by molar-refractivity contribution is -0.118. The second-order valence-electron chi connectivity index (χ2n) is 4.54. The summed E-state index contributed by atoms with van der Waals surface area (Å²) < 4.78 is 5.11. The first-order valence-corrected chi connectivity index (χ1v) is 6.45. The number of likely N-dealkylation sites (N-methyl/N-ethyl adjacent to an activating group) is 1. The number of nitrogen functional groups attached to an aromatic ring is 1. The molecule has 1 rings (SSSR count). The molecule has 1 amide bonds. The predicted octanol–water partition coefficient (Wildman–Crippen LogP) is 1.56. The Bertz CT molecular complexity index is 409. The second-order valence-corrected chi connectivity index (χ2v) is 4.54. The van der Waals surface area contributed by atoms with E-state index < -0.39 is 0 Å². The Balaban J connectivity index is 2.53. The van der Waals surface area contributed by atoms with Gasteiger partial charge in [0.05, 0.1) is 13.2 Å². The number of nitrogens with two attached hydrogens (primary N) is 1. The van der Waals surface area contributed by atoms with Crippen molar-refractivity contribution in [3.05, 3.63) is 24.3 Å². The first-order valence-electron chi connectivity index (χ1n) is 6.45. The normalized spacial score (nSPS) is 12.4. The first kappa shape index (κ1) is 15.5. The number of nitrogens with one attached hydrogen (secondary N) is 1. The van der Waals surface area contributed by atoms with Crippen LogP contribution in [-0.4, -0.2) is 43.7 Å². The van der Waals surface area contributed by atoms with E-state index in [0.717, 1.165) is 12.2 Å². The van der Waals surface area contributed by atoms with Gasteiger partial charge in [0.1, 0.15) is 0 Å². The number of methoxy groups -OCH3 is 1. The summed E-state index contributed by atoms with van der Waals surface area (Å²) in [5.74, 6) is -0.0459. The molecule has 0 aliphatic heterocycles. The Kier molecular flexibility index (Phi) is 6.32. The van der Waals surface area contributed by atoms with Gasteiger partial charge in [0.2, 0.25) is 5.91 Å². The van der Waals surface area contributed by atoms with Crippen LogP contribution in [0.4, 0.5) is 11.4 Å². The van der Waals surface area contributed by atoms with Crippen molar-refractivity contribution >= 4 is 17.3 Å². The number of hydrogen-bond acceptors (Lipinski definition) is 4. The summed E-state index contributed by atoms with van der Waals surface area (Å²) in [7, 11) is 1.66. The van der Waals surface area contributed by atoms with Crippen molar-refractivity contribution in [2.24, 2.45) is 0 Å². The summed E-state index contributed by atoms with van der Waals surface area (Å²) in [5.41, 5.74) is 7.03. The molecular weight excluding hydrogens is 242 g/mol. The largest absolute Gasteiger partial charge is 0.399 e. The molecule has 1 atom stereocenters. The average Bonchev–Trinajstić information content (AvgIpc) is 2.36. The summed E-state index contributed by atoms with van der Waals surface area (Å²) in [5, 5.41) is 2.84. The van der Waals surface area contributed by atoms with Crippen molar-refractivity contribution in [1.29, 1.82) is 0 Å². The third-order valence-electron chi connectivity index (χ3n) is 2.95. The van der Waals surface area contributed by atoms with Gasteiger partial charge in [0, 0.05) is 24.5 Å². The Morgan fingerprint density at radius 3 is 2.84 bits per heavy atom. The van der Waals surface area contributed by atoms with Gasteiger partial charge in [-0.25, -0.2) is 0 Å². The lowest BCUT2D eigenvalue weighted by Gasteiger charge is -2.26. The van der Waals surface area contributed by atoms with Crippen molar-refractivity contribution < 1.29 is 9.53 Å². The van der Waals surface area contributed by atoms with E-state index in [1.165, 1.54) is 0 Å². The molecule has 1 aromatic carbocycles. The highest BCUT2D eigenvalue weighted by Crippen LogP contribution is 2.11. The third kappa shape index (κ3) is 5.28. The maximum absolute atomic E-state index is 12.0. The van der Waals surface area contributed by atoms with Gasteiger partial charge in [-0.1, -0.05) is 13.0 Å². The van der Waals surface area contributed by atoms with E-state index in [0.29, 0.717) is 18.8 Å². The number of anilines is 2. The first-order chi connectivity index (χ1) is 9.06. The van der Waals surface area contributed by atoms with Gasteiger partial charge in [-0.05, 0) is 31.7 Å². The molecule has 0 spiro atoms. The predicted molar refractivity (Wildman–Crippen MR) is 78.1 cm³/mol. The number of amides is 1. The minimum atomic E-state index is -0.0459. The van der Waals surface area contributed by atoms with Gasteiger partial charge < -0.3 is 15.8 Å². The molecule has 0 bridgehead atoms. The number of nitrogens with zero attached hydrogens (tertiary/aromatic N) is 1. The van der Waals surface area contributed by atoms with E-state index in [2.05, 4.69) is 10.2 Å². The summed E-state index contributed by atoms with van der Waals surface area (Å²) in [6.45, 7) is 5.82. The average molecular weight is 265 g/mol. The summed E-state index contributed by atoms with van der Waals surface area (Å²) >= 11 is 0. The molecule has 0 saturated carbocycles. The van der Waals surface area contributed by atoms with Gasteiger partial charge in [-0.2, -0.15) is 0 Å². The molecule has 0 radical (unpaired) electrons. The standard InChI is InChI=1S/C14H23N3O2/c1-4-17(11(2)10-19-3)9-14(18)16-13-7-5-6-12(15)8-13/h5-8,11H,4,9-10,15H2,1-3H3,(H,16,18). The van der Waals surface area contributed by atoms with Crippen LogP contribution in [-0.2, 0) is 9.53 Å². The molecule has 0 fully saturated rings. The topological polar surface area (TPSA) is 67.6 Å². The van der Waals surface area contributed by atoms with Crippen molar-refractivity contribution in [2.45, 2.75) is 19.9 Å². The maximum Gasteiger partial charge on any atom is 0.238 e. The van der Waals surface area contributed by atoms with Crippen molar-refractivity contribution in [2.75, 3.05) is 37.9 Å². The Morgan fingerprint density at radius 2 is 2.26 bits per heavy atom. The highest BCUT2D eigenvalue weighted by Gasteiger charge is 2.15. The number of carbonyl (C=O) groups is 1. The molecule has 0 aliphatic carbocycles. The van der Waals surface area contributed by atoms with Crippen LogP contribution in [0, 0.1) is 0 Å². The molecule has 0 aliphatic rings. The fourth-order valence-electron chi connectivity index (χ4n) is 1.93. The molecule has 0 aromatic heterocycles. The summed E-state index contributed by atoms with van der Waals surface area (Å²) in [4.78, 5) is 14.0. The van der Waals surface area contributed by atoms with Gasteiger partial charge in [-0.15, -0.1) is 0 Å². The van der Waals surface area contributed by atoms with Crippen LogP contribution in [0.3, 0.4) is 0 Å². The van der Waals surface area contributed by atoms with Gasteiger partial charge in [0.25, 0.3) is 0 Å². The minimum Gasteiger partial charge on any atom is -0.399 e. The number of hydrogen-bond donors (Lipinski definition) is 2. The lowest BCUT2D eigenvalue weighted by atomic mass is 10.2.